The molecule has 2 aliphatic heterocycles. The number of rotatable bonds is 17. The van der Waals surface area contributed by atoms with Crippen molar-refractivity contribution in [2.45, 2.75) is 42.5 Å². The number of nitrogens with zero attached hydrogens (tertiary/aromatic N) is 1. The number of methoxy groups -OCH3 is 3. The van der Waals surface area contributed by atoms with E-state index < -0.39 is 0 Å². The number of hydrogen-bond acceptors (Lipinski definition) is 9. The Morgan fingerprint density at radius 1 is 0.875 bits per heavy atom. The highest BCUT2D eigenvalue weighted by Crippen LogP contribution is 2.35. The van der Waals surface area contributed by atoms with Crippen LogP contribution in [0.3, 0.4) is 0 Å². The summed E-state index contributed by atoms with van der Waals surface area (Å²) < 4.78 is 34.7. The van der Waals surface area contributed by atoms with Gasteiger partial charge in [0, 0.05) is 77.4 Å². The minimum absolute atomic E-state index is 0.0155. The van der Waals surface area contributed by atoms with Crippen LogP contribution in [0.15, 0.2) is 47.4 Å². The summed E-state index contributed by atoms with van der Waals surface area (Å²) in [5.74, 6) is 2.02. The fourth-order valence-corrected chi connectivity index (χ4v) is 6.14. The number of nitrogens with one attached hydrogen (secondary N) is 1. The third-order valence-corrected chi connectivity index (χ3v) is 8.34. The third-order valence-electron chi connectivity index (χ3n) is 7.36. The van der Waals surface area contributed by atoms with Crippen molar-refractivity contribution in [3.8, 4) is 5.75 Å². The van der Waals surface area contributed by atoms with Crippen molar-refractivity contribution in [2.24, 2.45) is 0 Å². The lowest BCUT2D eigenvalue weighted by Crippen LogP contribution is -2.50. The molecule has 3 atom stereocenters. The maximum Gasteiger partial charge on any atom is 0.142 e. The number of fused-ring (bicyclic) bond motifs is 1. The lowest BCUT2D eigenvalue weighted by atomic mass is 9.85. The molecule has 1 unspecified atom stereocenters. The molecule has 40 heavy (non-hydrogen) atoms. The van der Waals surface area contributed by atoms with Crippen LogP contribution in [-0.2, 0) is 30.3 Å². The summed E-state index contributed by atoms with van der Waals surface area (Å²) in [6.45, 7) is 7.52. The van der Waals surface area contributed by atoms with Crippen LogP contribution < -0.4 is 15.0 Å². The van der Waals surface area contributed by atoms with Crippen LogP contribution in [0.4, 0.5) is 5.69 Å². The van der Waals surface area contributed by atoms with Crippen LogP contribution in [0.1, 0.15) is 29.9 Å². The molecular weight excluding hydrogens is 528 g/mol. The van der Waals surface area contributed by atoms with Gasteiger partial charge >= 0.3 is 0 Å². The van der Waals surface area contributed by atoms with Gasteiger partial charge in [0.25, 0.3) is 0 Å². The number of benzene rings is 2. The number of ether oxygens (including phenoxy) is 6. The number of anilines is 1. The zero-order valence-electron chi connectivity index (χ0n) is 24.3. The Hall–Kier alpha value is -1.85. The quantitative estimate of drug-likeness (QED) is 0.219. The topological polar surface area (TPSA) is 70.7 Å². The minimum atomic E-state index is -0.0155. The molecule has 2 aliphatic rings. The average Bonchev–Trinajstić information content (AvgIpc) is 2.99. The Bertz CT molecular complexity index is 994. The fraction of sp³-hybridized carbons (Fsp3) is 0.613. The lowest BCUT2D eigenvalue weighted by Gasteiger charge is -2.39. The highest BCUT2D eigenvalue weighted by molar-refractivity contribution is 7.99. The lowest BCUT2D eigenvalue weighted by molar-refractivity contribution is -0.0622. The number of hydrogen-bond donors (Lipinski definition) is 1. The molecule has 0 amide bonds. The summed E-state index contributed by atoms with van der Waals surface area (Å²) in [6.07, 6.45) is 1.87. The minimum Gasteiger partial charge on any atom is -0.490 e. The zero-order valence-corrected chi connectivity index (χ0v) is 25.1. The van der Waals surface area contributed by atoms with Crippen molar-refractivity contribution in [2.75, 3.05) is 91.2 Å². The average molecular weight is 575 g/mol. The highest BCUT2D eigenvalue weighted by Gasteiger charge is 2.36. The fourth-order valence-electron chi connectivity index (χ4n) is 5.33. The zero-order chi connectivity index (χ0) is 28.0. The molecule has 222 valence electrons. The molecule has 9 heteroatoms. The second kappa shape index (κ2) is 17.2. The van der Waals surface area contributed by atoms with E-state index in [9.17, 15) is 0 Å². The normalized spacial score (nSPS) is 20.8. The first-order valence-corrected chi connectivity index (χ1v) is 15.4. The van der Waals surface area contributed by atoms with Crippen LogP contribution in [0.25, 0.3) is 0 Å². The van der Waals surface area contributed by atoms with Crippen molar-refractivity contribution in [3.05, 3.63) is 53.6 Å². The first kappa shape index (κ1) is 31.1. The van der Waals surface area contributed by atoms with Gasteiger partial charge in [-0.3, -0.25) is 0 Å². The van der Waals surface area contributed by atoms with Crippen molar-refractivity contribution in [3.63, 3.8) is 0 Å². The molecule has 1 fully saturated rings. The smallest absolute Gasteiger partial charge is 0.142 e. The van der Waals surface area contributed by atoms with Crippen LogP contribution >= 0.6 is 11.8 Å². The molecule has 1 saturated heterocycles. The van der Waals surface area contributed by atoms with Crippen molar-refractivity contribution >= 4 is 17.4 Å². The van der Waals surface area contributed by atoms with E-state index in [-0.39, 0.29) is 18.1 Å². The molecule has 2 heterocycles. The second-order valence-corrected chi connectivity index (χ2v) is 11.4. The van der Waals surface area contributed by atoms with E-state index in [0.717, 1.165) is 75.0 Å². The second-order valence-electron chi connectivity index (χ2n) is 10.2. The molecule has 0 aliphatic carbocycles. The molecule has 4 rings (SSSR count). The van der Waals surface area contributed by atoms with Gasteiger partial charge in [0.2, 0.25) is 0 Å². The summed E-state index contributed by atoms with van der Waals surface area (Å²) in [6, 6.07) is 15.3. The Balaban J connectivity index is 1.45. The third kappa shape index (κ3) is 9.08. The summed E-state index contributed by atoms with van der Waals surface area (Å²) in [5.41, 5.74) is 3.54. The first-order valence-electron chi connectivity index (χ1n) is 14.4. The van der Waals surface area contributed by atoms with Crippen molar-refractivity contribution < 1.29 is 28.4 Å². The predicted molar refractivity (Wildman–Crippen MR) is 160 cm³/mol. The van der Waals surface area contributed by atoms with Gasteiger partial charge in [-0.25, -0.2) is 0 Å². The van der Waals surface area contributed by atoms with Gasteiger partial charge in [0.05, 0.1) is 37.7 Å². The maximum atomic E-state index is 6.66. The predicted octanol–water partition coefficient (Wildman–Crippen LogP) is 4.35. The SMILES string of the molecule is COCCCOC1CNC[C@H](OCc2ccc3c(c2)N(CCCOC)CCO3)[C@H]1c1ccc(SCCOC)cc1. The Kier molecular flexibility index (Phi) is 13.4. The van der Waals surface area contributed by atoms with Gasteiger partial charge < -0.3 is 38.6 Å². The molecule has 0 saturated carbocycles. The summed E-state index contributed by atoms with van der Waals surface area (Å²) >= 11 is 1.81. The van der Waals surface area contributed by atoms with Gasteiger partial charge in [-0.15, -0.1) is 11.8 Å². The van der Waals surface area contributed by atoms with Crippen molar-refractivity contribution in [1.82, 2.24) is 5.32 Å². The standard InChI is InChI=1S/C31H46N2O6S/c1-34-14-4-12-33-13-17-38-28-11-6-24(20-27(28)33)23-39-30-22-32-21-29(37-16-5-15-35-2)31(30)25-7-9-26(10-8-25)40-19-18-36-3/h6-11,20,29-32H,4-5,12-19,21-23H2,1-3H3/t29?,30-,31-/m0/s1. The van der Waals surface area contributed by atoms with E-state index >= 15 is 0 Å². The van der Waals surface area contributed by atoms with E-state index in [1.807, 2.05) is 11.8 Å². The Morgan fingerprint density at radius 3 is 2.40 bits per heavy atom. The van der Waals surface area contributed by atoms with E-state index in [1.54, 1.807) is 21.3 Å². The van der Waals surface area contributed by atoms with Gasteiger partial charge in [0.1, 0.15) is 12.4 Å². The Labute approximate surface area is 244 Å². The van der Waals surface area contributed by atoms with E-state index in [4.69, 9.17) is 28.4 Å². The molecule has 2 aromatic carbocycles. The molecule has 1 N–H and O–H groups in total. The highest BCUT2D eigenvalue weighted by atomic mass is 32.2. The Morgan fingerprint density at radius 2 is 1.62 bits per heavy atom. The van der Waals surface area contributed by atoms with Crippen LogP contribution in [0.2, 0.25) is 0 Å². The molecular formula is C31H46N2O6S. The van der Waals surface area contributed by atoms with Gasteiger partial charge in [-0.1, -0.05) is 18.2 Å². The number of piperidine rings is 1. The molecule has 0 aromatic heterocycles. The maximum absolute atomic E-state index is 6.66. The van der Waals surface area contributed by atoms with E-state index in [0.29, 0.717) is 26.4 Å². The molecule has 0 spiro atoms. The van der Waals surface area contributed by atoms with Gasteiger partial charge in [-0.2, -0.15) is 0 Å². The monoisotopic (exact) mass is 574 g/mol. The largest absolute Gasteiger partial charge is 0.490 e. The van der Waals surface area contributed by atoms with Gasteiger partial charge in [-0.05, 0) is 48.2 Å². The first-order chi connectivity index (χ1) is 19.7. The van der Waals surface area contributed by atoms with Crippen LogP contribution in [0, 0.1) is 0 Å². The summed E-state index contributed by atoms with van der Waals surface area (Å²) in [4.78, 5) is 3.64. The molecule has 8 nitrogen and oxygen atoms in total. The summed E-state index contributed by atoms with van der Waals surface area (Å²) in [7, 11) is 5.22. The van der Waals surface area contributed by atoms with Gasteiger partial charge in [0.15, 0.2) is 0 Å². The molecule has 0 bridgehead atoms. The number of thioether (sulfide) groups is 1. The summed E-state index contributed by atoms with van der Waals surface area (Å²) in [5, 5.41) is 3.55. The van der Waals surface area contributed by atoms with E-state index in [2.05, 4.69) is 52.7 Å². The van der Waals surface area contributed by atoms with E-state index in [1.165, 1.54) is 10.5 Å². The van der Waals surface area contributed by atoms with Crippen LogP contribution in [-0.4, -0.2) is 98.5 Å². The van der Waals surface area contributed by atoms with Crippen LogP contribution in [0.5, 0.6) is 5.75 Å². The molecule has 0 radical (unpaired) electrons. The molecule has 2 aromatic rings. The van der Waals surface area contributed by atoms with Crippen molar-refractivity contribution in [1.29, 1.82) is 0 Å².